The average Bonchev–Trinajstić information content (AvgIpc) is 1.86. The molecule has 0 aromatic carbocycles. The zero-order valence-electron chi connectivity index (χ0n) is 11.0. The van der Waals surface area contributed by atoms with Crippen LogP contribution in [-0.4, -0.2) is 45.8 Å². The third-order valence-corrected chi connectivity index (χ3v) is 0. The van der Waals surface area contributed by atoms with Gasteiger partial charge in [0.05, 0.1) is 0 Å². The van der Waals surface area contributed by atoms with Crippen LogP contribution in [0.3, 0.4) is 0 Å². The summed E-state index contributed by atoms with van der Waals surface area (Å²) in [5.41, 5.74) is 0. The molecule has 0 heterocycles. The number of rotatable bonds is 0. The molecule has 5 heteroatoms. The summed E-state index contributed by atoms with van der Waals surface area (Å²) in [4.78, 5) is 0. The van der Waals surface area contributed by atoms with Crippen molar-refractivity contribution in [2.75, 3.05) is 7.11 Å². The Morgan fingerprint density at radius 2 is 0.533 bits per heavy atom. The Labute approximate surface area is 109 Å². The van der Waals surface area contributed by atoms with Gasteiger partial charge in [0.2, 0.25) is 0 Å². The fraction of sp³-hybridized carbons (Fsp3) is 1.00. The molecule has 0 aromatic rings. The van der Waals surface area contributed by atoms with Gasteiger partial charge in [-0.3, -0.25) is 0 Å². The summed E-state index contributed by atoms with van der Waals surface area (Å²) in [5.74, 6) is 0. The summed E-state index contributed by atoms with van der Waals surface area (Å²) < 4.78 is 0. The molecule has 4 nitrogen and oxygen atoms in total. The molecular formula is C10H28O4Ti. The van der Waals surface area contributed by atoms with Crippen LogP contribution in [-0.2, 0) is 21.7 Å². The Kier molecular flexibility index (Phi) is 57.8. The molecule has 0 unspecified atom stereocenters. The van der Waals surface area contributed by atoms with Gasteiger partial charge in [-0.15, -0.1) is 0 Å². The van der Waals surface area contributed by atoms with E-state index in [2.05, 4.69) is 0 Å². The van der Waals surface area contributed by atoms with Crippen molar-refractivity contribution in [3.05, 3.63) is 0 Å². The second kappa shape index (κ2) is 29.3. The van der Waals surface area contributed by atoms with Crippen molar-refractivity contribution in [3.8, 4) is 0 Å². The second-order valence-electron chi connectivity index (χ2n) is 3.28. The first-order chi connectivity index (χ1) is 6.20. The van der Waals surface area contributed by atoms with Crippen LogP contribution in [0.25, 0.3) is 0 Å². The predicted octanol–water partition coefficient (Wildman–Crippen LogP) is 0.767. The normalized spacial score (nSPS) is 7.60. The molecule has 15 heavy (non-hydrogen) atoms. The maximum Gasteiger partial charge on any atom is 0.0483 e. The number of hydrogen-bond acceptors (Lipinski definition) is 4. The molecule has 0 spiro atoms. The topological polar surface area (TPSA) is 80.9 Å². The largest absolute Gasteiger partial charge is 0.400 e. The van der Waals surface area contributed by atoms with Gasteiger partial charge < -0.3 is 20.4 Å². The first-order valence-electron chi connectivity index (χ1n) is 4.69. The zero-order valence-corrected chi connectivity index (χ0v) is 12.6. The van der Waals surface area contributed by atoms with E-state index in [-0.39, 0.29) is 40.0 Å². The van der Waals surface area contributed by atoms with Crippen LogP contribution in [0.1, 0.15) is 41.5 Å². The quantitative estimate of drug-likeness (QED) is 0.485. The summed E-state index contributed by atoms with van der Waals surface area (Å²) in [6.45, 7) is 10.3. The van der Waals surface area contributed by atoms with Gasteiger partial charge in [0.25, 0.3) is 0 Å². The summed E-state index contributed by atoms with van der Waals surface area (Å²) in [7, 11) is 1.00. The van der Waals surface area contributed by atoms with Gasteiger partial charge in [0, 0.05) is 47.1 Å². The van der Waals surface area contributed by atoms with Crippen LogP contribution >= 0.6 is 0 Å². The zero-order chi connectivity index (χ0) is 12.7. The second-order valence-corrected chi connectivity index (χ2v) is 3.28. The van der Waals surface area contributed by atoms with E-state index in [4.69, 9.17) is 20.4 Å². The van der Waals surface area contributed by atoms with Crippen LogP contribution in [0.4, 0.5) is 0 Å². The number of aliphatic hydroxyl groups excluding tert-OH is 4. The molecule has 0 aliphatic heterocycles. The van der Waals surface area contributed by atoms with Crippen molar-refractivity contribution >= 4 is 0 Å². The van der Waals surface area contributed by atoms with E-state index in [0.29, 0.717) is 0 Å². The standard InChI is InChI=1S/3C3H8O.CH4O.Ti/c3*1-3(2)4;1-2;/h3*3-4H,1-2H3;2H,1H3;. The maximum absolute atomic E-state index is 8.06. The summed E-state index contributed by atoms with van der Waals surface area (Å²) in [5, 5.41) is 31.2. The molecule has 0 aliphatic carbocycles. The Hall–Kier alpha value is 0.554. The molecule has 0 radical (unpaired) electrons. The molecule has 0 fully saturated rings. The predicted molar refractivity (Wildman–Crippen MR) is 60.2 cm³/mol. The molecule has 0 aliphatic rings. The molecule has 4 N–H and O–H groups in total. The van der Waals surface area contributed by atoms with Crippen molar-refractivity contribution in [3.63, 3.8) is 0 Å². The van der Waals surface area contributed by atoms with E-state index in [1.807, 2.05) is 0 Å². The average molecular weight is 260 g/mol. The minimum Gasteiger partial charge on any atom is -0.400 e. The third kappa shape index (κ3) is 7470. The monoisotopic (exact) mass is 260 g/mol. The minimum atomic E-state index is -0.167. The Balaban J connectivity index is -0.0000000298. The minimum absolute atomic E-state index is 0. The number of hydrogen-bond donors (Lipinski definition) is 4. The van der Waals surface area contributed by atoms with Crippen LogP contribution in [0.2, 0.25) is 0 Å². The van der Waals surface area contributed by atoms with Crippen LogP contribution < -0.4 is 0 Å². The molecule has 0 amide bonds. The Bertz CT molecular complexity index is 45.9. The molecule has 0 rings (SSSR count). The summed E-state index contributed by atoms with van der Waals surface area (Å²) >= 11 is 0. The summed E-state index contributed by atoms with van der Waals surface area (Å²) in [6, 6.07) is 0. The van der Waals surface area contributed by atoms with Crippen LogP contribution in [0.15, 0.2) is 0 Å². The van der Waals surface area contributed by atoms with Gasteiger partial charge in [0.15, 0.2) is 0 Å². The van der Waals surface area contributed by atoms with Crippen molar-refractivity contribution in [2.24, 2.45) is 0 Å². The van der Waals surface area contributed by atoms with Crippen molar-refractivity contribution < 1.29 is 42.1 Å². The molecule has 0 bridgehead atoms. The van der Waals surface area contributed by atoms with E-state index < -0.39 is 0 Å². The van der Waals surface area contributed by atoms with Crippen molar-refractivity contribution in [2.45, 2.75) is 59.9 Å². The van der Waals surface area contributed by atoms with E-state index in [9.17, 15) is 0 Å². The fourth-order valence-corrected chi connectivity index (χ4v) is 0. The summed E-state index contributed by atoms with van der Waals surface area (Å²) in [6.07, 6.45) is -0.500. The van der Waals surface area contributed by atoms with E-state index >= 15 is 0 Å². The molecule has 0 saturated carbocycles. The first kappa shape index (κ1) is 29.6. The van der Waals surface area contributed by atoms with Crippen molar-refractivity contribution in [1.29, 1.82) is 0 Å². The number of aliphatic hydroxyl groups is 4. The van der Waals surface area contributed by atoms with Crippen LogP contribution in [0.5, 0.6) is 0 Å². The third-order valence-electron chi connectivity index (χ3n) is 0. The molecule has 0 atom stereocenters. The Morgan fingerprint density at radius 1 is 0.533 bits per heavy atom. The van der Waals surface area contributed by atoms with Gasteiger partial charge in [0.1, 0.15) is 0 Å². The fourth-order valence-electron chi connectivity index (χ4n) is 0. The molecular weight excluding hydrogens is 232 g/mol. The smallest absolute Gasteiger partial charge is 0.0483 e. The van der Waals surface area contributed by atoms with Gasteiger partial charge in [-0.25, -0.2) is 0 Å². The van der Waals surface area contributed by atoms with E-state index in [1.165, 1.54) is 0 Å². The molecule has 96 valence electrons. The maximum atomic E-state index is 8.06. The first-order valence-corrected chi connectivity index (χ1v) is 4.69. The van der Waals surface area contributed by atoms with Gasteiger partial charge >= 0.3 is 0 Å². The Morgan fingerprint density at radius 3 is 0.533 bits per heavy atom. The van der Waals surface area contributed by atoms with Crippen LogP contribution in [0, 0.1) is 0 Å². The molecule has 0 saturated heterocycles. The SMILES string of the molecule is CC(C)O.CC(C)O.CC(C)O.CO.[Ti]. The molecule has 0 aromatic heterocycles. The van der Waals surface area contributed by atoms with Crippen molar-refractivity contribution in [1.82, 2.24) is 0 Å². The van der Waals surface area contributed by atoms with E-state index in [0.717, 1.165) is 7.11 Å². The van der Waals surface area contributed by atoms with Gasteiger partial charge in [-0.05, 0) is 41.5 Å². The van der Waals surface area contributed by atoms with E-state index in [1.54, 1.807) is 41.5 Å². The van der Waals surface area contributed by atoms with Gasteiger partial charge in [-0.1, -0.05) is 0 Å². The van der Waals surface area contributed by atoms with Gasteiger partial charge in [-0.2, -0.15) is 0 Å².